The molecule has 7 heteroatoms. The number of aryl methyl sites for hydroxylation is 1. The van der Waals surface area contributed by atoms with Gasteiger partial charge in [0.25, 0.3) is 11.8 Å². The maximum atomic E-state index is 12.8. The highest BCUT2D eigenvalue weighted by Gasteiger charge is 2.25. The molecule has 4 rings (SSSR count). The quantitative estimate of drug-likeness (QED) is 0.665. The van der Waals surface area contributed by atoms with Gasteiger partial charge in [0.15, 0.2) is 0 Å². The molecule has 0 bridgehead atoms. The maximum absolute atomic E-state index is 12.8. The third kappa shape index (κ3) is 4.77. The van der Waals surface area contributed by atoms with E-state index in [1.165, 1.54) is 6.20 Å². The molecule has 0 aliphatic heterocycles. The van der Waals surface area contributed by atoms with Crippen LogP contribution in [0.5, 0.6) is 0 Å². The second-order valence-corrected chi connectivity index (χ2v) is 8.78. The van der Waals surface area contributed by atoms with Crippen molar-refractivity contribution in [3.63, 3.8) is 0 Å². The molecule has 1 fully saturated rings. The minimum atomic E-state index is -0.178. The molecule has 0 unspecified atom stereocenters. The summed E-state index contributed by atoms with van der Waals surface area (Å²) in [7, 11) is 3.55. The molecule has 2 aromatic heterocycles. The van der Waals surface area contributed by atoms with Crippen LogP contribution in [0.25, 0.3) is 10.9 Å². The third-order valence-corrected chi connectivity index (χ3v) is 6.20. The number of fused-ring (bicyclic) bond motifs is 1. The number of aromatic nitrogens is 3. The van der Waals surface area contributed by atoms with Crippen molar-refractivity contribution in [1.29, 1.82) is 0 Å². The summed E-state index contributed by atoms with van der Waals surface area (Å²) in [6.45, 7) is 2.48. The number of hydrogen-bond donors (Lipinski definition) is 1. The van der Waals surface area contributed by atoms with Crippen LogP contribution < -0.4 is 5.32 Å². The van der Waals surface area contributed by atoms with Crippen molar-refractivity contribution in [3.05, 3.63) is 65.4 Å². The van der Waals surface area contributed by atoms with Crippen LogP contribution in [0.1, 0.15) is 63.8 Å². The van der Waals surface area contributed by atoms with Crippen LogP contribution in [0, 0.1) is 12.8 Å². The molecule has 7 nitrogen and oxygen atoms in total. The van der Waals surface area contributed by atoms with Gasteiger partial charge in [-0.25, -0.2) is 4.98 Å². The molecule has 166 valence electrons. The van der Waals surface area contributed by atoms with Crippen molar-refractivity contribution in [2.24, 2.45) is 5.92 Å². The lowest BCUT2D eigenvalue weighted by molar-refractivity contribution is 0.0829. The Bertz CT molecular complexity index is 1120. The first-order chi connectivity index (χ1) is 15.4. The lowest BCUT2D eigenvalue weighted by atomic mass is 9.80. The van der Waals surface area contributed by atoms with Gasteiger partial charge in [-0.05, 0) is 50.7 Å². The molecule has 3 aromatic rings. The number of nitrogens with zero attached hydrogens (tertiary/aromatic N) is 4. The zero-order valence-corrected chi connectivity index (χ0v) is 18.8. The van der Waals surface area contributed by atoms with Crippen LogP contribution in [-0.2, 0) is 0 Å². The van der Waals surface area contributed by atoms with Gasteiger partial charge < -0.3 is 10.2 Å². The molecule has 0 atom stereocenters. The molecular weight excluding hydrogens is 402 g/mol. The molecule has 1 aliphatic carbocycles. The highest BCUT2D eigenvalue weighted by Crippen LogP contribution is 2.36. The number of benzene rings is 1. The van der Waals surface area contributed by atoms with Gasteiger partial charge in [-0.3, -0.25) is 19.6 Å². The van der Waals surface area contributed by atoms with Crippen molar-refractivity contribution in [2.75, 3.05) is 20.6 Å². The molecule has 2 heterocycles. The van der Waals surface area contributed by atoms with Crippen LogP contribution in [-0.4, -0.2) is 52.3 Å². The molecule has 32 heavy (non-hydrogen) atoms. The molecule has 0 spiro atoms. The Morgan fingerprint density at radius 2 is 1.81 bits per heavy atom. The molecule has 1 N–H and O–H groups in total. The largest absolute Gasteiger partial charge is 0.350 e. The zero-order valence-electron chi connectivity index (χ0n) is 18.8. The van der Waals surface area contributed by atoms with E-state index >= 15 is 0 Å². The highest BCUT2D eigenvalue weighted by molar-refractivity contribution is 6.06. The van der Waals surface area contributed by atoms with E-state index in [4.69, 9.17) is 4.98 Å². The summed E-state index contributed by atoms with van der Waals surface area (Å²) < 4.78 is 0. The summed E-state index contributed by atoms with van der Waals surface area (Å²) in [5, 5.41) is 3.89. The number of hydrogen-bond acceptors (Lipinski definition) is 5. The minimum Gasteiger partial charge on any atom is -0.350 e. The van der Waals surface area contributed by atoms with Crippen LogP contribution in [0.2, 0.25) is 0 Å². The van der Waals surface area contributed by atoms with E-state index < -0.39 is 0 Å². The SMILES string of the molecule is Cc1cnc(C(=O)NCC2CCC(c3cc(C(=O)N(C)C)c4ccccc4n3)CC2)cn1. The Balaban J connectivity index is 1.41. The predicted molar refractivity (Wildman–Crippen MR) is 124 cm³/mol. The summed E-state index contributed by atoms with van der Waals surface area (Å²) in [5.41, 5.74) is 3.71. The van der Waals surface area contributed by atoms with Crippen molar-refractivity contribution >= 4 is 22.7 Å². The van der Waals surface area contributed by atoms with E-state index in [9.17, 15) is 9.59 Å². The number of pyridine rings is 1. The number of para-hydroxylation sites is 1. The molecular formula is C25H29N5O2. The van der Waals surface area contributed by atoms with Gasteiger partial charge in [0.2, 0.25) is 0 Å². The molecule has 2 amide bonds. The summed E-state index contributed by atoms with van der Waals surface area (Å²) >= 11 is 0. The highest BCUT2D eigenvalue weighted by atomic mass is 16.2. The fourth-order valence-corrected chi connectivity index (χ4v) is 4.32. The van der Waals surface area contributed by atoms with E-state index in [0.717, 1.165) is 48.0 Å². The van der Waals surface area contributed by atoms with Crippen molar-refractivity contribution < 1.29 is 9.59 Å². The van der Waals surface area contributed by atoms with Gasteiger partial charge in [-0.1, -0.05) is 18.2 Å². The van der Waals surface area contributed by atoms with Crippen LogP contribution in [0.3, 0.4) is 0 Å². The predicted octanol–water partition coefficient (Wildman–Crippen LogP) is 3.74. The Morgan fingerprint density at radius 3 is 2.50 bits per heavy atom. The fourth-order valence-electron chi connectivity index (χ4n) is 4.32. The van der Waals surface area contributed by atoms with Crippen molar-refractivity contribution in [1.82, 2.24) is 25.2 Å². The summed E-state index contributed by atoms with van der Waals surface area (Å²) in [6.07, 6.45) is 7.12. The van der Waals surface area contributed by atoms with Crippen LogP contribution in [0.15, 0.2) is 42.7 Å². The van der Waals surface area contributed by atoms with Gasteiger partial charge in [0.1, 0.15) is 5.69 Å². The number of carbonyl (C=O) groups is 2. The summed E-state index contributed by atoms with van der Waals surface area (Å²) in [4.78, 5) is 39.9. The van der Waals surface area contributed by atoms with Gasteiger partial charge >= 0.3 is 0 Å². The second-order valence-electron chi connectivity index (χ2n) is 8.78. The fraction of sp³-hybridized carbons (Fsp3) is 0.400. The minimum absolute atomic E-state index is 0.000420. The third-order valence-electron chi connectivity index (χ3n) is 6.20. The molecule has 1 aromatic carbocycles. The molecule has 1 aliphatic rings. The van der Waals surface area contributed by atoms with Crippen LogP contribution in [0.4, 0.5) is 0 Å². The monoisotopic (exact) mass is 431 g/mol. The summed E-state index contributed by atoms with van der Waals surface area (Å²) in [6, 6.07) is 9.81. The molecule has 1 saturated carbocycles. The Morgan fingerprint density at radius 1 is 1.06 bits per heavy atom. The maximum Gasteiger partial charge on any atom is 0.271 e. The zero-order chi connectivity index (χ0) is 22.7. The number of amides is 2. The van der Waals surface area contributed by atoms with Gasteiger partial charge in [-0.2, -0.15) is 0 Å². The smallest absolute Gasteiger partial charge is 0.271 e. The van der Waals surface area contributed by atoms with E-state index in [0.29, 0.717) is 29.6 Å². The van der Waals surface area contributed by atoms with Crippen LogP contribution >= 0.6 is 0 Å². The van der Waals surface area contributed by atoms with Gasteiger partial charge in [-0.15, -0.1) is 0 Å². The van der Waals surface area contributed by atoms with E-state index in [2.05, 4.69) is 15.3 Å². The first-order valence-electron chi connectivity index (χ1n) is 11.1. The lowest BCUT2D eigenvalue weighted by Crippen LogP contribution is -2.31. The topological polar surface area (TPSA) is 88.1 Å². The number of nitrogens with one attached hydrogen (secondary N) is 1. The van der Waals surface area contributed by atoms with E-state index in [-0.39, 0.29) is 11.8 Å². The molecule has 0 radical (unpaired) electrons. The normalized spacial score (nSPS) is 18.3. The Hall–Kier alpha value is -3.35. The average Bonchev–Trinajstić information content (AvgIpc) is 2.82. The van der Waals surface area contributed by atoms with E-state index in [1.807, 2.05) is 37.3 Å². The summed E-state index contributed by atoms with van der Waals surface area (Å²) in [5.74, 6) is 0.572. The average molecular weight is 432 g/mol. The lowest BCUT2D eigenvalue weighted by Gasteiger charge is -2.29. The number of rotatable bonds is 5. The van der Waals surface area contributed by atoms with E-state index in [1.54, 1.807) is 25.2 Å². The van der Waals surface area contributed by atoms with Gasteiger partial charge in [0, 0.05) is 43.8 Å². The first kappa shape index (κ1) is 21.9. The Kier molecular flexibility index (Phi) is 6.44. The second kappa shape index (κ2) is 9.42. The first-order valence-corrected chi connectivity index (χ1v) is 11.1. The van der Waals surface area contributed by atoms with Crippen molar-refractivity contribution in [3.8, 4) is 0 Å². The Labute approximate surface area is 188 Å². The molecule has 0 saturated heterocycles. The standard InChI is InChI=1S/C25H29N5O2/c1-16-13-27-23(15-26-16)24(31)28-14-17-8-10-18(11-9-17)22-12-20(25(32)30(2)3)19-6-4-5-7-21(19)29-22/h4-7,12-13,15,17-18H,8-11,14H2,1-3H3,(H,28,31). The van der Waals surface area contributed by atoms with Crippen molar-refractivity contribution in [2.45, 2.75) is 38.5 Å². The van der Waals surface area contributed by atoms with Gasteiger partial charge in [0.05, 0.1) is 23.0 Å². The number of carbonyl (C=O) groups excluding carboxylic acids is 2.